The molecule has 3 rings (SSSR count). The van der Waals surface area contributed by atoms with Gasteiger partial charge in [0.25, 0.3) is 0 Å². The molecule has 4 N–H and O–H groups in total. The highest BCUT2D eigenvalue weighted by Crippen LogP contribution is 2.38. The third-order valence-electron chi connectivity index (χ3n) is 5.05. The minimum atomic E-state index is -1.13. The quantitative estimate of drug-likeness (QED) is 0.432. The molecule has 2 unspecified atom stereocenters. The van der Waals surface area contributed by atoms with Crippen LogP contribution in [0, 0.1) is 5.82 Å². The molecule has 2 atom stereocenters. The highest BCUT2D eigenvalue weighted by Gasteiger charge is 2.18. The van der Waals surface area contributed by atoms with Crippen molar-refractivity contribution < 1.29 is 24.5 Å². The lowest BCUT2D eigenvalue weighted by atomic mass is 9.93. The highest BCUT2D eigenvalue weighted by atomic mass is 19.1. The molecule has 2 aromatic carbocycles. The number of aromatic amines is 1. The van der Waals surface area contributed by atoms with Gasteiger partial charge >= 0.3 is 5.97 Å². The third kappa shape index (κ3) is 4.96. The maximum Gasteiger partial charge on any atom is 0.305 e. The number of aliphatic hydroxyl groups excluding tert-OH is 2. The standard InChI is InChI=1S/C24H26FNO4/c1-14(2)19-4-3-5-20-24(19)23(15-6-8-16(25)9-7-15)21(26-20)11-10-17(27)12-18(28)13-22(29)30/h3-11,14,17-18,26-28H,12-13H2,1-2H3,(H,29,30)/b11-10+. The van der Waals surface area contributed by atoms with Crippen LogP contribution in [0.25, 0.3) is 28.1 Å². The first-order valence-corrected chi connectivity index (χ1v) is 9.93. The van der Waals surface area contributed by atoms with Crippen molar-refractivity contribution >= 4 is 22.9 Å². The van der Waals surface area contributed by atoms with E-state index in [1.165, 1.54) is 18.2 Å². The Labute approximate surface area is 174 Å². The Morgan fingerprint density at radius 2 is 1.83 bits per heavy atom. The van der Waals surface area contributed by atoms with Crippen LogP contribution in [0.15, 0.2) is 48.5 Å². The number of carbonyl (C=O) groups is 1. The summed E-state index contributed by atoms with van der Waals surface area (Å²) in [5.74, 6) is -1.16. The van der Waals surface area contributed by atoms with E-state index in [4.69, 9.17) is 5.11 Å². The Bertz CT molecular complexity index is 1050. The van der Waals surface area contributed by atoms with Crippen LogP contribution < -0.4 is 0 Å². The monoisotopic (exact) mass is 411 g/mol. The van der Waals surface area contributed by atoms with Gasteiger partial charge in [0.05, 0.1) is 18.6 Å². The van der Waals surface area contributed by atoms with Gasteiger partial charge in [0.1, 0.15) is 5.82 Å². The van der Waals surface area contributed by atoms with Crippen molar-refractivity contribution in [3.8, 4) is 11.1 Å². The molecule has 0 saturated carbocycles. The van der Waals surface area contributed by atoms with Crippen LogP contribution in [0.1, 0.15) is 43.9 Å². The average molecular weight is 411 g/mol. The average Bonchev–Trinajstić information content (AvgIpc) is 3.04. The van der Waals surface area contributed by atoms with E-state index in [9.17, 15) is 19.4 Å². The Balaban J connectivity index is 2.04. The first kappa shape index (κ1) is 21.7. The molecule has 1 heterocycles. The van der Waals surface area contributed by atoms with E-state index in [1.54, 1.807) is 18.2 Å². The van der Waals surface area contributed by atoms with E-state index in [2.05, 4.69) is 24.9 Å². The van der Waals surface area contributed by atoms with E-state index in [0.29, 0.717) is 0 Å². The van der Waals surface area contributed by atoms with Crippen molar-refractivity contribution in [2.75, 3.05) is 0 Å². The van der Waals surface area contributed by atoms with Crippen molar-refractivity contribution in [3.05, 3.63) is 65.6 Å². The lowest BCUT2D eigenvalue weighted by Gasteiger charge is -2.11. The number of benzene rings is 2. The minimum absolute atomic E-state index is 0.0772. The zero-order valence-electron chi connectivity index (χ0n) is 17.0. The molecular formula is C24H26FNO4. The van der Waals surface area contributed by atoms with Gasteiger partial charge in [0, 0.05) is 28.6 Å². The van der Waals surface area contributed by atoms with Gasteiger partial charge in [-0.3, -0.25) is 4.79 Å². The maximum absolute atomic E-state index is 13.5. The fourth-order valence-electron chi connectivity index (χ4n) is 3.67. The van der Waals surface area contributed by atoms with Gasteiger partial charge in [-0.1, -0.05) is 44.2 Å². The number of rotatable bonds is 8. The molecule has 30 heavy (non-hydrogen) atoms. The molecule has 3 aromatic rings. The molecule has 0 amide bonds. The maximum atomic E-state index is 13.5. The Hall–Kier alpha value is -2.96. The number of hydrogen-bond acceptors (Lipinski definition) is 3. The number of aromatic nitrogens is 1. The number of H-pyrrole nitrogens is 1. The molecule has 0 radical (unpaired) electrons. The van der Waals surface area contributed by atoms with Crippen molar-refractivity contribution in [1.82, 2.24) is 4.98 Å². The summed E-state index contributed by atoms with van der Waals surface area (Å²) < 4.78 is 13.5. The van der Waals surface area contributed by atoms with Crippen LogP contribution in [-0.2, 0) is 4.79 Å². The van der Waals surface area contributed by atoms with Crippen molar-refractivity contribution in [2.24, 2.45) is 0 Å². The van der Waals surface area contributed by atoms with Crippen molar-refractivity contribution in [1.29, 1.82) is 0 Å². The first-order valence-electron chi connectivity index (χ1n) is 9.93. The van der Waals surface area contributed by atoms with Gasteiger partial charge in [-0.2, -0.15) is 0 Å². The summed E-state index contributed by atoms with van der Waals surface area (Å²) in [4.78, 5) is 14.1. The van der Waals surface area contributed by atoms with Crippen LogP contribution in [0.4, 0.5) is 4.39 Å². The highest BCUT2D eigenvalue weighted by molar-refractivity contribution is 6.02. The molecule has 6 heteroatoms. The molecule has 0 fully saturated rings. The smallest absolute Gasteiger partial charge is 0.305 e. The number of aliphatic carboxylic acids is 1. The van der Waals surface area contributed by atoms with Gasteiger partial charge in [-0.15, -0.1) is 0 Å². The van der Waals surface area contributed by atoms with Crippen LogP contribution in [0.3, 0.4) is 0 Å². The fraction of sp³-hybridized carbons (Fsp3) is 0.292. The van der Waals surface area contributed by atoms with Gasteiger partial charge in [-0.25, -0.2) is 4.39 Å². The molecule has 5 nitrogen and oxygen atoms in total. The van der Waals surface area contributed by atoms with E-state index >= 15 is 0 Å². The second-order valence-electron chi connectivity index (χ2n) is 7.76. The van der Waals surface area contributed by atoms with Gasteiger partial charge in [0.2, 0.25) is 0 Å². The molecule has 0 saturated heterocycles. The molecule has 158 valence electrons. The molecular weight excluding hydrogens is 385 g/mol. The number of fused-ring (bicyclic) bond motifs is 1. The van der Waals surface area contributed by atoms with Gasteiger partial charge < -0.3 is 20.3 Å². The zero-order valence-corrected chi connectivity index (χ0v) is 17.0. The van der Waals surface area contributed by atoms with Gasteiger partial charge in [-0.05, 0) is 41.3 Å². The van der Waals surface area contributed by atoms with Gasteiger partial charge in [0.15, 0.2) is 0 Å². The second-order valence-corrected chi connectivity index (χ2v) is 7.76. The summed E-state index contributed by atoms with van der Waals surface area (Å²) in [5.41, 5.74) is 4.58. The molecule has 0 aliphatic heterocycles. The summed E-state index contributed by atoms with van der Waals surface area (Å²) in [6, 6.07) is 12.3. The summed E-state index contributed by atoms with van der Waals surface area (Å²) in [7, 11) is 0. The topological polar surface area (TPSA) is 93.5 Å². The van der Waals surface area contributed by atoms with Crippen LogP contribution in [0.5, 0.6) is 0 Å². The Morgan fingerprint density at radius 3 is 2.47 bits per heavy atom. The summed E-state index contributed by atoms with van der Waals surface area (Å²) >= 11 is 0. The predicted octanol–water partition coefficient (Wildman–Crippen LogP) is 4.70. The van der Waals surface area contributed by atoms with E-state index in [0.717, 1.165) is 33.3 Å². The number of hydrogen-bond donors (Lipinski definition) is 4. The van der Waals surface area contributed by atoms with E-state index in [-0.39, 0.29) is 18.2 Å². The molecule has 1 aromatic heterocycles. The number of aliphatic hydroxyl groups is 2. The van der Waals surface area contributed by atoms with Crippen molar-refractivity contribution in [3.63, 3.8) is 0 Å². The van der Waals surface area contributed by atoms with E-state index < -0.39 is 24.6 Å². The fourth-order valence-corrected chi connectivity index (χ4v) is 3.67. The third-order valence-corrected chi connectivity index (χ3v) is 5.05. The number of carboxylic acid groups (broad SMARTS) is 1. The molecule has 0 spiro atoms. The molecule has 0 aliphatic carbocycles. The lowest BCUT2D eigenvalue weighted by molar-refractivity contribution is -0.139. The Kier molecular flexibility index (Phi) is 6.70. The lowest BCUT2D eigenvalue weighted by Crippen LogP contribution is -2.19. The van der Waals surface area contributed by atoms with Crippen LogP contribution in [0.2, 0.25) is 0 Å². The minimum Gasteiger partial charge on any atom is -0.481 e. The number of nitrogens with one attached hydrogen (secondary N) is 1. The van der Waals surface area contributed by atoms with Crippen LogP contribution in [-0.4, -0.2) is 38.5 Å². The second kappa shape index (κ2) is 9.24. The normalized spacial score (nSPS) is 13.9. The predicted molar refractivity (Wildman–Crippen MR) is 116 cm³/mol. The number of halogens is 1. The van der Waals surface area contributed by atoms with Crippen LogP contribution >= 0.6 is 0 Å². The zero-order chi connectivity index (χ0) is 21.8. The summed E-state index contributed by atoms with van der Waals surface area (Å²) in [6.07, 6.45) is 0.617. The largest absolute Gasteiger partial charge is 0.481 e. The SMILES string of the molecule is CC(C)c1cccc2[nH]c(/C=C/C(O)CC(O)CC(=O)O)c(-c3ccc(F)cc3)c12. The molecule has 0 bridgehead atoms. The van der Waals surface area contributed by atoms with E-state index in [1.807, 2.05) is 12.1 Å². The Morgan fingerprint density at radius 1 is 1.13 bits per heavy atom. The molecule has 0 aliphatic rings. The van der Waals surface area contributed by atoms with Crippen molar-refractivity contribution in [2.45, 2.75) is 44.8 Å². The number of carboxylic acids is 1. The summed E-state index contributed by atoms with van der Waals surface area (Å²) in [5, 5.41) is 29.7. The first-order chi connectivity index (χ1) is 14.3. The summed E-state index contributed by atoms with van der Waals surface area (Å²) in [6.45, 7) is 4.22.